The lowest BCUT2D eigenvalue weighted by molar-refractivity contribution is 0.415. The van der Waals surface area contributed by atoms with Crippen molar-refractivity contribution in [3.8, 4) is 22.8 Å². The zero-order valence-electron chi connectivity index (χ0n) is 15.6. The summed E-state index contributed by atoms with van der Waals surface area (Å²) in [4.78, 5) is 10.2. The summed E-state index contributed by atoms with van der Waals surface area (Å²) in [5, 5.41) is 0. The second kappa shape index (κ2) is 8.99. The molecule has 0 aliphatic heterocycles. The van der Waals surface area contributed by atoms with Crippen LogP contribution in [-0.4, -0.2) is 16.1 Å². The highest BCUT2D eigenvalue weighted by atomic mass is 79.9. The molecule has 0 aliphatic carbocycles. The molecule has 0 saturated heterocycles. The van der Waals surface area contributed by atoms with E-state index in [2.05, 4.69) is 47.3 Å². The van der Waals surface area contributed by atoms with Gasteiger partial charge in [0.25, 0.3) is 0 Å². The Balaban J connectivity index is 0.00000225. The first-order valence-corrected chi connectivity index (χ1v) is 9.42. The Hall–Kier alpha value is -2.70. The number of methoxy groups -OCH3 is 1. The minimum atomic E-state index is 0. The molecule has 0 unspecified atom stereocenters. The van der Waals surface area contributed by atoms with Gasteiger partial charge < -0.3 is 4.74 Å². The molecular formula is C22H20BrN3OS. The van der Waals surface area contributed by atoms with E-state index in [1.807, 2.05) is 42.5 Å². The third kappa shape index (κ3) is 4.40. The van der Waals surface area contributed by atoms with Crippen LogP contribution in [0.15, 0.2) is 83.9 Å². The summed E-state index contributed by atoms with van der Waals surface area (Å²) in [5.41, 5.74) is 4.21. The number of nitrogens with zero attached hydrogens (tertiary/aromatic N) is 3. The molecule has 0 aliphatic rings. The Bertz CT molecular complexity index is 1100. The summed E-state index contributed by atoms with van der Waals surface area (Å²) in [6.45, 7) is 2.08. The van der Waals surface area contributed by atoms with Crippen molar-refractivity contribution in [2.45, 2.75) is 6.92 Å². The second-order valence-electron chi connectivity index (χ2n) is 6.12. The number of hydrogen-bond donors (Lipinski definition) is 0. The first kappa shape index (κ1) is 20.0. The van der Waals surface area contributed by atoms with Gasteiger partial charge in [0.15, 0.2) is 5.82 Å². The molecule has 4 rings (SSSR count). The topological polar surface area (TPSA) is 39.4 Å². The van der Waals surface area contributed by atoms with Gasteiger partial charge in [-0.1, -0.05) is 48.0 Å². The predicted molar refractivity (Wildman–Crippen MR) is 120 cm³/mol. The van der Waals surface area contributed by atoms with Crippen LogP contribution in [-0.2, 0) is 0 Å². The van der Waals surface area contributed by atoms with E-state index in [-0.39, 0.29) is 17.0 Å². The monoisotopic (exact) mass is 453 g/mol. The highest BCUT2D eigenvalue weighted by Crippen LogP contribution is 2.23. The molecule has 0 radical (unpaired) electrons. The molecule has 0 amide bonds. The molecule has 6 heteroatoms. The van der Waals surface area contributed by atoms with Crippen LogP contribution < -0.4 is 9.54 Å². The molecule has 0 spiro atoms. The van der Waals surface area contributed by atoms with E-state index in [4.69, 9.17) is 14.7 Å². The van der Waals surface area contributed by atoms with Crippen LogP contribution in [0, 0.1) is 6.92 Å². The number of ether oxygens (including phenoxy) is 1. The number of aromatic nitrogens is 2. The van der Waals surface area contributed by atoms with Gasteiger partial charge in [0.2, 0.25) is 4.80 Å². The van der Waals surface area contributed by atoms with Crippen LogP contribution in [0.2, 0.25) is 0 Å². The standard InChI is InChI=1S/C22H19N3OS.BrH/c1-16-8-10-17(11-9-16)21-24-22(23-18-12-14-20(26-2)15-13-18)27-25(21)19-6-4-3-5-7-19;/h3-15H,1-2H3;1H. The molecule has 1 aromatic heterocycles. The zero-order valence-corrected chi connectivity index (χ0v) is 18.1. The predicted octanol–water partition coefficient (Wildman–Crippen LogP) is 5.73. The molecule has 0 N–H and O–H groups in total. The van der Waals surface area contributed by atoms with E-state index < -0.39 is 0 Å². The third-order valence-corrected chi connectivity index (χ3v) is 5.08. The molecule has 0 fully saturated rings. The number of rotatable bonds is 4. The third-order valence-electron chi connectivity index (χ3n) is 4.16. The number of benzene rings is 3. The van der Waals surface area contributed by atoms with Crippen LogP contribution in [0.4, 0.5) is 5.69 Å². The number of para-hydroxylation sites is 1. The molecule has 28 heavy (non-hydrogen) atoms. The molecule has 1 heterocycles. The van der Waals surface area contributed by atoms with Crippen LogP contribution in [0.3, 0.4) is 0 Å². The molecule has 3 aromatic carbocycles. The molecule has 0 atom stereocenters. The summed E-state index contributed by atoms with van der Waals surface area (Å²) in [6.07, 6.45) is 0. The summed E-state index contributed by atoms with van der Waals surface area (Å²) in [5.74, 6) is 1.70. The van der Waals surface area contributed by atoms with Crippen molar-refractivity contribution in [3.05, 3.63) is 89.2 Å². The number of halogens is 1. The molecule has 4 nitrogen and oxygen atoms in total. The van der Waals surface area contributed by atoms with Crippen LogP contribution in [0.25, 0.3) is 17.1 Å². The first-order valence-electron chi connectivity index (χ1n) is 8.64. The lowest BCUT2D eigenvalue weighted by Gasteiger charge is -2.06. The molecule has 0 bridgehead atoms. The van der Waals surface area contributed by atoms with E-state index in [1.54, 1.807) is 7.11 Å². The Morgan fingerprint density at radius 1 is 0.893 bits per heavy atom. The first-order chi connectivity index (χ1) is 13.2. The van der Waals surface area contributed by atoms with Gasteiger partial charge in [-0.2, -0.15) is 4.98 Å². The van der Waals surface area contributed by atoms with E-state index in [0.29, 0.717) is 4.80 Å². The van der Waals surface area contributed by atoms with Gasteiger partial charge in [0.05, 0.1) is 18.5 Å². The molecule has 0 saturated carbocycles. The van der Waals surface area contributed by atoms with E-state index >= 15 is 0 Å². The summed E-state index contributed by atoms with van der Waals surface area (Å²) >= 11 is 1.52. The molecule has 142 valence electrons. The minimum absolute atomic E-state index is 0. The van der Waals surface area contributed by atoms with Gasteiger partial charge in [-0.3, -0.25) is 0 Å². The summed E-state index contributed by atoms with van der Waals surface area (Å²) in [7, 11) is 1.66. The normalized spacial score (nSPS) is 11.1. The van der Waals surface area contributed by atoms with Crippen molar-refractivity contribution < 1.29 is 4.74 Å². The van der Waals surface area contributed by atoms with Crippen molar-refractivity contribution >= 4 is 34.2 Å². The van der Waals surface area contributed by atoms with Gasteiger partial charge >= 0.3 is 0 Å². The summed E-state index contributed by atoms with van der Waals surface area (Å²) in [6, 6.07) is 26.3. The van der Waals surface area contributed by atoms with E-state index in [9.17, 15) is 0 Å². The quantitative estimate of drug-likeness (QED) is 0.395. The van der Waals surface area contributed by atoms with Gasteiger partial charge in [-0.05, 0) is 54.9 Å². The van der Waals surface area contributed by atoms with Crippen LogP contribution in [0.1, 0.15) is 5.56 Å². The summed E-state index contributed by atoms with van der Waals surface area (Å²) < 4.78 is 7.33. The van der Waals surface area contributed by atoms with Gasteiger partial charge in [-0.15, -0.1) is 17.0 Å². The van der Waals surface area contributed by atoms with Gasteiger partial charge in [-0.25, -0.2) is 8.95 Å². The van der Waals surface area contributed by atoms with Gasteiger partial charge in [0.1, 0.15) is 5.75 Å². The average Bonchev–Trinajstić information content (AvgIpc) is 3.13. The van der Waals surface area contributed by atoms with Crippen molar-refractivity contribution in [2.24, 2.45) is 4.99 Å². The Labute approximate surface area is 178 Å². The van der Waals surface area contributed by atoms with E-state index in [1.165, 1.54) is 17.1 Å². The SMILES string of the molecule is Br.COc1ccc(N=c2nc(-c3ccc(C)cc3)n(-c3ccccc3)s2)cc1. The highest BCUT2D eigenvalue weighted by molar-refractivity contribution is 8.93. The van der Waals surface area contributed by atoms with Crippen LogP contribution in [0.5, 0.6) is 5.75 Å². The molecular weight excluding hydrogens is 434 g/mol. The number of aryl methyl sites for hydroxylation is 1. The Kier molecular flexibility index (Phi) is 6.44. The van der Waals surface area contributed by atoms with E-state index in [0.717, 1.165) is 28.5 Å². The lowest BCUT2D eigenvalue weighted by Crippen LogP contribution is -1.97. The fourth-order valence-corrected chi connectivity index (χ4v) is 3.61. The lowest BCUT2D eigenvalue weighted by atomic mass is 10.1. The van der Waals surface area contributed by atoms with Crippen molar-refractivity contribution in [1.29, 1.82) is 0 Å². The minimum Gasteiger partial charge on any atom is -0.497 e. The maximum absolute atomic E-state index is 5.21. The maximum atomic E-state index is 5.21. The Morgan fingerprint density at radius 3 is 2.21 bits per heavy atom. The van der Waals surface area contributed by atoms with Crippen LogP contribution >= 0.6 is 28.5 Å². The number of hydrogen-bond acceptors (Lipinski definition) is 4. The second-order valence-corrected chi connectivity index (χ2v) is 7.03. The van der Waals surface area contributed by atoms with Crippen molar-refractivity contribution in [1.82, 2.24) is 8.94 Å². The smallest absolute Gasteiger partial charge is 0.228 e. The largest absolute Gasteiger partial charge is 0.497 e. The van der Waals surface area contributed by atoms with Gasteiger partial charge in [0, 0.05) is 5.56 Å². The Morgan fingerprint density at radius 2 is 1.57 bits per heavy atom. The zero-order chi connectivity index (χ0) is 18.6. The maximum Gasteiger partial charge on any atom is 0.228 e. The molecule has 4 aromatic rings. The van der Waals surface area contributed by atoms with Crippen molar-refractivity contribution in [2.75, 3.05) is 7.11 Å². The van der Waals surface area contributed by atoms with Crippen molar-refractivity contribution in [3.63, 3.8) is 0 Å². The highest BCUT2D eigenvalue weighted by Gasteiger charge is 2.11. The fraction of sp³-hybridized carbons (Fsp3) is 0.0909. The average molecular weight is 454 g/mol. The fourth-order valence-electron chi connectivity index (χ4n) is 2.72.